The maximum Gasteiger partial charge on any atom is 0.142 e. The van der Waals surface area contributed by atoms with Gasteiger partial charge in [0.2, 0.25) is 0 Å². The third-order valence-electron chi connectivity index (χ3n) is 1.92. The molecule has 1 rings (SSSR count). The molecule has 0 atom stereocenters. The van der Waals surface area contributed by atoms with E-state index in [1.54, 1.807) is 0 Å². The number of hydrogen-bond donors (Lipinski definition) is 1. The van der Waals surface area contributed by atoms with Crippen molar-refractivity contribution < 1.29 is 4.74 Å². The van der Waals surface area contributed by atoms with Gasteiger partial charge in [0.05, 0.1) is 12.3 Å². The Balaban J connectivity index is 2.42. The van der Waals surface area contributed by atoms with Crippen LogP contribution in [0.3, 0.4) is 0 Å². The van der Waals surface area contributed by atoms with Crippen LogP contribution in [0.25, 0.3) is 0 Å². The molecule has 0 aliphatic carbocycles. The van der Waals surface area contributed by atoms with E-state index in [2.05, 4.69) is 6.26 Å². The van der Waals surface area contributed by atoms with E-state index in [1.807, 2.05) is 36.9 Å². The summed E-state index contributed by atoms with van der Waals surface area (Å²) in [7, 11) is 0. The van der Waals surface area contributed by atoms with Gasteiger partial charge in [0.25, 0.3) is 0 Å². The van der Waals surface area contributed by atoms with Crippen LogP contribution in [0.1, 0.15) is 12.0 Å². The SMILES string of the molecule is CSCCCOc1ccc(C)cc1N. The van der Waals surface area contributed by atoms with Gasteiger partial charge in [0, 0.05) is 0 Å². The highest BCUT2D eigenvalue weighted by atomic mass is 32.2. The van der Waals surface area contributed by atoms with Crippen molar-refractivity contribution in [3.05, 3.63) is 23.8 Å². The minimum Gasteiger partial charge on any atom is -0.491 e. The number of thioether (sulfide) groups is 1. The van der Waals surface area contributed by atoms with E-state index in [4.69, 9.17) is 10.5 Å². The minimum atomic E-state index is 0.731. The number of benzene rings is 1. The van der Waals surface area contributed by atoms with Gasteiger partial charge in [-0.3, -0.25) is 0 Å². The number of rotatable bonds is 5. The molecule has 0 amide bonds. The summed E-state index contributed by atoms with van der Waals surface area (Å²) in [4.78, 5) is 0. The lowest BCUT2D eigenvalue weighted by Gasteiger charge is -2.08. The van der Waals surface area contributed by atoms with Crippen LogP contribution in [0.4, 0.5) is 5.69 Å². The highest BCUT2D eigenvalue weighted by Crippen LogP contribution is 2.22. The zero-order valence-electron chi connectivity index (χ0n) is 8.75. The summed E-state index contributed by atoms with van der Waals surface area (Å²) < 4.78 is 5.56. The highest BCUT2D eigenvalue weighted by Gasteiger charge is 1.99. The Morgan fingerprint density at radius 3 is 2.86 bits per heavy atom. The van der Waals surface area contributed by atoms with Gasteiger partial charge in [0.1, 0.15) is 5.75 Å². The van der Waals surface area contributed by atoms with Gasteiger partial charge >= 0.3 is 0 Å². The normalized spacial score (nSPS) is 10.1. The van der Waals surface area contributed by atoms with Crippen LogP contribution in [0.5, 0.6) is 5.75 Å². The monoisotopic (exact) mass is 211 g/mol. The summed E-state index contributed by atoms with van der Waals surface area (Å²) in [5.74, 6) is 1.93. The molecular formula is C11H17NOS. The van der Waals surface area contributed by atoms with Gasteiger partial charge in [-0.25, -0.2) is 0 Å². The van der Waals surface area contributed by atoms with E-state index in [0.717, 1.165) is 30.2 Å². The molecule has 2 N–H and O–H groups in total. The second-order valence-electron chi connectivity index (χ2n) is 3.24. The number of aryl methyl sites for hydroxylation is 1. The molecule has 0 unspecified atom stereocenters. The second kappa shape index (κ2) is 5.81. The van der Waals surface area contributed by atoms with E-state index in [0.29, 0.717) is 0 Å². The Bertz CT molecular complexity index is 289. The van der Waals surface area contributed by atoms with Crippen LogP contribution in [0, 0.1) is 6.92 Å². The van der Waals surface area contributed by atoms with Crippen LogP contribution < -0.4 is 10.5 Å². The zero-order valence-corrected chi connectivity index (χ0v) is 9.56. The summed E-state index contributed by atoms with van der Waals surface area (Å²) >= 11 is 1.83. The first-order valence-corrected chi connectivity index (χ1v) is 6.11. The Morgan fingerprint density at radius 2 is 2.21 bits per heavy atom. The molecule has 78 valence electrons. The van der Waals surface area contributed by atoms with Crippen molar-refractivity contribution in [2.75, 3.05) is 24.3 Å². The quantitative estimate of drug-likeness (QED) is 0.601. The topological polar surface area (TPSA) is 35.2 Å². The largest absolute Gasteiger partial charge is 0.491 e. The van der Waals surface area contributed by atoms with Gasteiger partial charge in [-0.05, 0) is 43.0 Å². The van der Waals surface area contributed by atoms with Gasteiger partial charge in [-0.1, -0.05) is 6.07 Å². The van der Waals surface area contributed by atoms with E-state index >= 15 is 0 Å². The van der Waals surface area contributed by atoms with Crippen molar-refractivity contribution in [3.8, 4) is 5.75 Å². The Labute approximate surface area is 89.8 Å². The smallest absolute Gasteiger partial charge is 0.142 e. The summed E-state index contributed by atoms with van der Waals surface area (Å²) in [5, 5.41) is 0. The van der Waals surface area contributed by atoms with Crippen molar-refractivity contribution in [1.82, 2.24) is 0 Å². The van der Waals surface area contributed by atoms with Crippen LogP contribution in [0.15, 0.2) is 18.2 Å². The predicted octanol–water partition coefficient (Wildman–Crippen LogP) is 2.71. The summed E-state index contributed by atoms with van der Waals surface area (Å²) in [6, 6.07) is 5.88. The third kappa shape index (κ3) is 3.50. The average Bonchev–Trinajstić information content (AvgIpc) is 2.15. The lowest BCUT2D eigenvalue weighted by atomic mass is 10.2. The van der Waals surface area contributed by atoms with Crippen LogP contribution >= 0.6 is 11.8 Å². The molecule has 0 spiro atoms. The fourth-order valence-electron chi connectivity index (χ4n) is 1.18. The van der Waals surface area contributed by atoms with Crippen molar-refractivity contribution in [1.29, 1.82) is 0 Å². The van der Waals surface area contributed by atoms with Crippen molar-refractivity contribution in [2.45, 2.75) is 13.3 Å². The number of anilines is 1. The standard InChI is InChI=1S/C11H17NOS/c1-9-4-5-11(10(12)8-9)13-6-3-7-14-2/h4-5,8H,3,6-7,12H2,1-2H3. The number of nitrogen functional groups attached to an aromatic ring is 1. The van der Waals surface area contributed by atoms with Crippen LogP contribution in [0.2, 0.25) is 0 Å². The minimum absolute atomic E-state index is 0.731. The Kier molecular flexibility index (Phi) is 4.66. The summed E-state index contributed by atoms with van der Waals surface area (Å²) in [5.41, 5.74) is 7.70. The Morgan fingerprint density at radius 1 is 1.43 bits per heavy atom. The molecule has 0 saturated heterocycles. The van der Waals surface area contributed by atoms with Crippen molar-refractivity contribution in [2.24, 2.45) is 0 Å². The van der Waals surface area contributed by atoms with E-state index in [9.17, 15) is 0 Å². The van der Waals surface area contributed by atoms with Crippen LogP contribution in [-0.2, 0) is 0 Å². The predicted molar refractivity (Wildman–Crippen MR) is 64.1 cm³/mol. The molecule has 0 fully saturated rings. The molecule has 0 radical (unpaired) electrons. The van der Waals surface area contributed by atoms with E-state index in [-0.39, 0.29) is 0 Å². The maximum absolute atomic E-state index is 5.81. The van der Waals surface area contributed by atoms with E-state index < -0.39 is 0 Å². The molecule has 3 heteroatoms. The molecule has 1 aromatic carbocycles. The maximum atomic E-state index is 5.81. The molecule has 0 saturated carbocycles. The number of ether oxygens (including phenoxy) is 1. The van der Waals surface area contributed by atoms with Gasteiger partial charge in [-0.15, -0.1) is 0 Å². The first-order chi connectivity index (χ1) is 6.74. The van der Waals surface area contributed by atoms with Crippen LogP contribution in [-0.4, -0.2) is 18.6 Å². The second-order valence-corrected chi connectivity index (χ2v) is 4.22. The number of nitrogens with two attached hydrogens (primary N) is 1. The lowest BCUT2D eigenvalue weighted by Crippen LogP contribution is -2.01. The van der Waals surface area contributed by atoms with Gasteiger partial charge < -0.3 is 10.5 Å². The third-order valence-corrected chi connectivity index (χ3v) is 2.61. The van der Waals surface area contributed by atoms with Gasteiger partial charge in [-0.2, -0.15) is 11.8 Å². The fourth-order valence-corrected chi connectivity index (χ4v) is 1.59. The molecule has 14 heavy (non-hydrogen) atoms. The molecule has 0 aromatic heterocycles. The zero-order chi connectivity index (χ0) is 10.4. The summed E-state index contributed by atoms with van der Waals surface area (Å²) in [6.07, 6.45) is 3.16. The lowest BCUT2D eigenvalue weighted by molar-refractivity contribution is 0.320. The molecule has 0 aliphatic heterocycles. The fraction of sp³-hybridized carbons (Fsp3) is 0.455. The average molecular weight is 211 g/mol. The Hall–Kier alpha value is -0.830. The first-order valence-electron chi connectivity index (χ1n) is 4.72. The molecule has 0 aliphatic rings. The van der Waals surface area contributed by atoms with Crippen molar-refractivity contribution >= 4 is 17.4 Å². The molecule has 0 heterocycles. The molecule has 2 nitrogen and oxygen atoms in total. The number of hydrogen-bond acceptors (Lipinski definition) is 3. The molecular weight excluding hydrogens is 194 g/mol. The molecule has 0 bridgehead atoms. The van der Waals surface area contributed by atoms with E-state index in [1.165, 1.54) is 5.56 Å². The summed E-state index contributed by atoms with van der Waals surface area (Å²) in [6.45, 7) is 2.77. The molecule has 1 aromatic rings. The van der Waals surface area contributed by atoms with Gasteiger partial charge in [0.15, 0.2) is 0 Å². The highest BCUT2D eigenvalue weighted by molar-refractivity contribution is 7.98. The van der Waals surface area contributed by atoms with Crippen molar-refractivity contribution in [3.63, 3.8) is 0 Å². The first kappa shape index (κ1) is 11.2.